The highest BCUT2D eigenvalue weighted by molar-refractivity contribution is 9.12. The van der Waals surface area contributed by atoms with E-state index in [9.17, 15) is 0 Å². The Kier molecular flexibility index (Phi) is 5.48. The molecule has 0 fully saturated rings. The van der Waals surface area contributed by atoms with Crippen molar-refractivity contribution in [2.75, 3.05) is 0 Å². The highest BCUT2D eigenvalue weighted by Gasteiger charge is 2.19. The standard InChI is InChI=1S/C14H10Br4/c15-11-5-1-9(2-6-11)13(17)14(18)10-3-7-12(16)8-4-10/h1-8,13-14H/t13-,14-/m0/s1. The van der Waals surface area contributed by atoms with Gasteiger partial charge >= 0.3 is 0 Å². The van der Waals surface area contributed by atoms with Gasteiger partial charge in [-0.15, -0.1) is 0 Å². The van der Waals surface area contributed by atoms with Crippen LogP contribution in [0.1, 0.15) is 20.8 Å². The molecule has 0 radical (unpaired) electrons. The summed E-state index contributed by atoms with van der Waals surface area (Å²) in [4.78, 5) is 0.485. The second-order valence-electron chi connectivity index (χ2n) is 3.91. The molecule has 0 saturated heterocycles. The van der Waals surface area contributed by atoms with Gasteiger partial charge in [-0.25, -0.2) is 0 Å². The van der Waals surface area contributed by atoms with Crippen molar-refractivity contribution in [3.8, 4) is 0 Å². The fraction of sp³-hybridized carbons (Fsp3) is 0.143. The van der Waals surface area contributed by atoms with E-state index >= 15 is 0 Å². The molecule has 0 N–H and O–H groups in total. The highest BCUT2D eigenvalue weighted by Crippen LogP contribution is 2.42. The number of halogens is 4. The van der Waals surface area contributed by atoms with Crippen LogP contribution in [0, 0.1) is 0 Å². The molecule has 94 valence electrons. The third-order valence-corrected chi connectivity index (χ3v) is 6.52. The Balaban J connectivity index is 2.20. The number of alkyl halides is 2. The van der Waals surface area contributed by atoms with Gasteiger partial charge in [-0.05, 0) is 35.4 Å². The maximum absolute atomic E-state index is 3.76. The van der Waals surface area contributed by atoms with Crippen molar-refractivity contribution in [1.29, 1.82) is 0 Å². The summed E-state index contributed by atoms with van der Waals surface area (Å²) in [6.07, 6.45) is 0. The third-order valence-electron chi connectivity index (χ3n) is 2.63. The van der Waals surface area contributed by atoms with Crippen LogP contribution >= 0.6 is 63.7 Å². The van der Waals surface area contributed by atoms with E-state index in [4.69, 9.17) is 0 Å². The fourth-order valence-corrected chi connectivity index (χ4v) is 3.38. The van der Waals surface area contributed by atoms with Gasteiger partial charge in [0.05, 0.1) is 9.65 Å². The molecule has 0 saturated carbocycles. The van der Waals surface area contributed by atoms with Crippen LogP contribution in [-0.4, -0.2) is 0 Å². The zero-order chi connectivity index (χ0) is 13.1. The Bertz CT molecular complexity index is 455. The maximum Gasteiger partial charge on any atom is 0.0561 e. The van der Waals surface area contributed by atoms with Crippen LogP contribution in [0.4, 0.5) is 0 Å². The summed E-state index contributed by atoms with van der Waals surface area (Å²) in [6, 6.07) is 16.7. The summed E-state index contributed by atoms with van der Waals surface area (Å²) in [5, 5.41) is 0. The molecule has 0 bridgehead atoms. The van der Waals surface area contributed by atoms with Gasteiger partial charge in [-0.3, -0.25) is 0 Å². The van der Waals surface area contributed by atoms with E-state index in [2.05, 4.69) is 112 Å². The molecule has 0 heterocycles. The van der Waals surface area contributed by atoms with Crippen LogP contribution in [0.25, 0.3) is 0 Å². The van der Waals surface area contributed by atoms with Crippen LogP contribution in [0.15, 0.2) is 57.5 Å². The molecule has 2 aromatic rings. The molecule has 2 aromatic carbocycles. The van der Waals surface area contributed by atoms with Gasteiger partial charge in [-0.1, -0.05) is 88.0 Å². The molecule has 2 rings (SSSR count). The Labute approximate surface area is 141 Å². The first kappa shape index (κ1) is 14.8. The van der Waals surface area contributed by atoms with Crippen LogP contribution in [0.5, 0.6) is 0 Å². The topological polar surface area (TPSA) is 0 Å². The van der Waals surface area contributed by atoms with Crippen molar-refractivity contribution in [3.63, 3.8) is 0 Å². The van der Waals surface area contributed by atoms with E-state index in [0.29, 0.717) is 0 Å². The Morgan fingerprint density at radius 3 is 1.11 bits per heavy atom. The molecule has 0 aromatic heterocycles. The molecule has 2 atom stereocenters. The second kappa shape index (κ2) is 6.69. The van der Waals surface area contributed by atoms with Crippen molar-refractivity contribution in [2.24, 2.45) is 0 Å². The van der Waals surface area contributed by atoms with Crippen molar-refractivity contribution < 1.29 is 0 Å². The molecule has 0 aliphatic carbocycles. The minimum absolute atomic E-state index is 0.242. The molecule has 0 unspecified atom stereocenters. The average molecular weight is 498 g/mol. The van der Waals surface area contributed by atoms with E-state index in [-0.39, 0.29) is 9.65 Å². The Morgan fingerprint density at radius 2 is 0.833 bits per heavy atom. The zero-order valence-electron chi connectivity index (χ0n) is 9.29. The summed E-state index contributed by atoms with van der Waals surface area (Å²) < 4.78 is 2.20. The first-order valence-electron chi connectivity index (χ1n) is 5.37. The predicted molar refractivity (Wildman–Crippen MR) is 91.6 cm³/mol. The summed E-state index contributed by atoms with van der Waals surface area (Å²) >= 11 is 14.4. The van der Waals surface area contributed by atoms with Crippen LogP contribution < -0.4 is 0 Å². The summed E-state index contributed by atoms with van der Waals surface area (Å²) in [5.41, 5.74) is 2.51. The van der Waals surface area contributed by atoms with E-state index in [0.717, 1.165) is 8.95 Å². The molecule has 0 aliphatic heterocycles. The average Bonchev–Trinajstić information content (AvgIpc) is 2.39. The normalized spacial score (nSPS) is 14.2. The predicted octanol–water partition coefficient (Wildman–Crippen LogP) is 6.78. The van der Waals surface area contributed by atoms with Crippen LogP contribution in [-0.2, 0) is 0 Å². The first-order valence-corrected chi connectivity index (χ1v) is 8.79. The van der Waals surface area contributed by atoms with Crippen molar-refractivity contribution in [1.82, 2.24) is 0 Å². The molecular weight excluding hydrogens is 488 g/mol. The molecular formula is C14H10Br4. The molecule has 18 heavy (non-hydrogen) atoms. The van der Waals surface area contributed by atoms with Gasteiger partial charge in [0, 0.05) is 8.95 Å². The lowest BCUT2D eigenvalue weighted by molar-refractivity contribution is 0.937. The molecule has 0 amide bonds. The summed E-state index contributed by atoms with van der Waals surface area (Å²) in [6.45, 7) is 0. The van der Waals surface area contributed by atoms with Gasteiger partial charge < -0.3 is 0 Å². The quantitative estimate of drug-likeness (QED) is 0.410. The maximum atomic E-state index is 3.76. The highest BCUT2D eigenvalue weighted by atomic mass is 79.9. The van der Waals surface area contributed by atoms with Gasteiger partial charge in [0.25, 0.3) is 0 Å². The molecule has 4 heteroatoms. The fourth-order valence-electron chi connectivity index (χ4n) is 1.63. The van der Waals surface area contributed by atoms with E-state index in [1.165, 1.54) is 11.1 Å². The second-order valence-corrected chi connectivity index (χ2v) is 7.71. The number of hydrogen-bond acceptors (Lipinski definition) is 0. The summed E-state index contributed by atoms with van der Waals surface area (Å²) in [5.74, 6) is 0. The monoisotopic (exact) mass is 494 g/mol. The van der Waals surface area contributed by atoms with E-state index < -0.39 is 0 Å². The van der Waals surface area contributed by atoms with Crippen LogP contribution in [0.3, 0.4) is 0 Å². The molecule has 0 spiro atoms. The number of benzene rings is 2. The minimum atomic E-state index is 0.242. The number of hydrogen-bond donors (Lipinski definition) is 0. The van der Waals surface area contributed by atoms with E-state index in [1.54, 1.807) is 0 Å². The summed E-state index contributed by atoms with van der Waals surface area (Å²) in [7, 11) is 0. The lowest BCUT2D eigenvalue weighted by Crippen LogP contribution is -1.99. The SMILES string of the molecule is Brc1ccc([C@H](Br)[C@@H](Br)c2ccc(Br)cc2)cc1. The Morgan fingerprint density at radius 1 is 0.556 bits per heavy atom. The van der Waals surface area contributed by atoms with Gasteiger partial charge in [-0.2, -0.15) is 0 Å². The van der Waals surface area contributed by atoms with E-state index in [1.807, 2.05) is 0 Å². The lowest BCUT2D eigenvalue weighted by Gasteiger charge is -2.18. The van der Waals surface area contributed by atoms with Crippen molar-refractivity contribution in [3.05, 3.63) is 68.6 Å². The van der Waals surface area contributed by atoms with Gasteiger partial charge in [0.1, 0.15) is 0 Å². The van der Waals surface area contributed by atoms with Gasteiger partial charge in [0.2, 0.25) is 0 Å². The Hall–Kier alpha value is 0.360. The minimum Gasteiger partial charge on any atom is -0.0823 e. The van der Waals surface area contributed by atoms with Crippen LogP contribution in [0.2, 0.25) is 0 Å². The third kappa shape index (κ3) is 3.69. The van der Waals surface area contributed by atoms with Crippen molar-refractivity contribution in [2.45, 2.75) is 9.65 Å². The largest absolute Gasteiger partial charge is 0.0823 e. The van der Waals surface area contributed by atoms with Gasteiger partial charge in [0.15, 0.2) is 0 Å². The number of rotatable bonds is 3. The first-order chi connectivity index (χ1) is 8.58. The molecule has 0 aliphatic rings. The van der Waals surface area contributed by atoms with Crippen molar-refractivity contribution >= 4 is 63.7 Å². The molecule has 0 nitrogen and oxygen atoms in total. The lowest BCUT2D eigenvalue weighted by atomic mass is 10.0. The smallest absolute Gasteiger partial charge is 0.0561 e. The zero-order valence-corrected chi connectivity index (χ0v) is 15.6.